The second kappa shape index (κ2) is 10.4. The number of carbonyl (C=O) groups is 2. The molecule has 1 unspecified atom stereocenters. The Morgan fingerprint density at radius 1 is 1.03 bits per heavy atom. The van der Waals surface area contributed by atoms with E-state index in [0.29, 0.717) is 37.8 Å². The molecule has 3 aliphatic heterocycles. The van der Waals surface area contributed by atoms with Crippen LogP contribution in [0.15, 0.2) is 30.7 Å². The Morgan fingerprint density at radius 2 is 1.74 bits per heavy atom. The van der Waals surface area contributed by atoms with Crippen molar-refractivity contribution < 1.29 is 19.4 Å². The molecule has 0 aliphatic carbocycles. The average Bonchev–Trinajstić information content (AvgIpc) is 3.25. The smallest absolute Gasteiger partial charge is 0.410 e. The summed E-state index contributed by atoms with van der Waals surface area (Å²) in [6.45, 7) is 4.27. The van der Waals surface area contributed by atoms with Crippen molar-refractivity contribution in [2.75, 3.05) is 49.5 Å². The monoisotopic (exact) mass is 482 g/mol. The first-order valence-electron chi connectivity index (χ1n) is 12.1. The number of nitrogens with one attached hydrogen (secondary N) is 1. The van der Waals surface area contributed by atoms with Crippen LogP contribution in [-0.2, 0) is 9.53 Å². The summed E-state index contributed by atoms with van der Waals surface area (Å²) in [6, 6.07) is 3.76. The molecule has 0 aromatic carbocycles. The van der Waals surface area contributed by atoms with Crippen LogP contribution in [0.1, 0.15) is 25.7 Å². The first-order valence-corrected chi connectivity index (χ1v) is 12.1. The van der Waals surface area contributed by atoms with E-state index >= 15 is 0 Å². The molecule has 3 saturated heterocycles. The largest absolute Gasteiger partial charge is 0.481 e. The number of anilines is 3. The molecule has 5 rings (SSSR count). The van der Waals surface area contributed by atoms with Crippen LogP contribution in [-0.4, -0.2) is 98.3 Å². The number of hydrogen-bond acceptors (Lipinski definition) is 10. The third-order valence-corrected chi connectivity index (χ3v) is 6.96. The number of amides is 1. The van der Waals surface area contributed by atoms with Gasteiger partial charge in [-0.2, -0.15) is 4.98 Å². The van der Waals surface area contributed by atoms with E-state index < -0.39 is 5.97 Å². The van der Waals surface area contributed by atoms with Crippen LogP contribution in [0.3, 0.4) is 0 Å². The number of carboxylic acids is 1. The molecule has 0 spiro atoms. The van der Waals surface area contributed by atoms with Gasteiger partial charge in [0.2, 0.25) is 11.9 Å². The lowest BCUT2D eigenvalue weighted by atomic mass is 9.97. The molecule has 5 heterocycles. The van der Waals surface area contributed by atoms with E-state index in [2.05, 4.69) is 35.1 Å². The van der Waals surface area contributed by atoms with E-state index in [1.54, 1.807) is 24.7 Å². The van der Waals surface area contributed by atoms with Crippen molar-refractivity contribution in [1.82, 2.24) is 29.7 Å². The Hall–Kier alpha value is -3.54. The quantitative estimate of drug-likeness (QED) is 0.595. The van der Waals surface area contributed by atoms with E-state index in [1.807, 2.05) is 11.0 Å². The number of aromatic nitrogens is 4. The van der Waals surface area contributed by atoms with E-state index in [0.717, 1.165) is 44.8 Å². The van der Waals surface area contributed by atoms with Gasteiger partial charge in [0.15, 0.2) is 0 Å². The number of carbonyl (C=O) groups excluding carboxylic acids is 1. The fraction of sp³-hybridized carbons (Fsp3) is 0.565. The molecule has 12 heteroatoms. The minimum atomic E-state index is -0.714. The van der Waals surface area contributed by atoms with Crippen molar-refractivity contribution in [1.29, 1.82) is 0 Å². The zero-order valence-electron chi connectivity index (χ0n) is 19.5. The van der Waals surface area contributed by atoms with Gasteiger partial charge in [-0.15, -0.1) is 0 Å². The fourth-order valence-corrected chi connectivity index (χ4v) is 5.04. The number of rotatable bonds is 7. The van der Waals surface area contributed by atoms with E-state index in [1.165, 1.54) is 0 Å². The van der Waals surface area contributed by atoms with Crippen LogP contribution in [0.4, 0.5) is 22.5 Å². The molecule has 186 valence electrons. The Bertz CT molecular complexity index is 1030. The van der Waals surface area contributed by atoms with Crippen molar-refractivity contribution in [3.8, 4) is 0 Å². The Balaban J connectivity index is 1.11. The van der Waals surface area contributed by atoms with Crippen molar-refractivity contribution >= 4 is 29.8 Å². The summed E-state index contributed by atoms with van der Waals surface area (Å²) in [6.07, 6.45) is 7.57. The fourth-order valence-electron chi connectivity index (χ4n) is 5.04. The van der Waals surface area contributed by atoms with Gasteiger partial charge in [-0.3, -0.25) is 15.0 Å². The molecule has 1 amide bonds. The summed E-state index contributed by atoms with van der Waals surface area (Å²) >= 11 is 0. The van der Waals surface area contributed by atoms with Gasteiger partial charge in [0.25, 0.3) is 0 Å². The number of likely N-dealkylation sites (tertiary alicyclic amines) is 1. The molecule has 3 fully saturated rings. The van der Waals surface area contributed by atoms with Gasteiger partial charge in [0, 0.05) is 44.3 Å². The summed E-state index contributed by atoms with van der Waals surface area (Å²) < 4.78 is 5.66. The number of carboxylic acid groups (broad SMARTS) is 1. The third kappa shape index (κ3) is 5.59. The molecule has 12 nitrogen and oxygen atoms in total. The van der Waals surface area contributed by atoms with Crippen LogP contribution in [0.2, 0.25) is 0 Å². The van der Waals surface area contributed by atoms with E-state index in [9.17, 15) is 14.7 Å². The van der Waals surface area contributed by atoms with Crippen molar-refractivity contribution in [3.05, 3.63) is 30.7 Å². The average molecular weight is 483 g/mol. The normalized spacial score (nSPS) is 22.3. The highest BCUT2D eigenvalue weighted by Crippen LogP contribution is 2.26. The number of cyclic esters (lactones) is 1. The molecule has 0 radical (unpaired) electrons. The van der Waals surface area contributed by atoms with Gasteiger partial charge in [-0.05, 0) is 50.9 Å². The van der Waals surface area contributed by atoms with E-state index in [4.69, 9.17) is 4.74 Å². The minimum absolute atomic E-state index is 0.138. The predicted molar refractivity (Wildman–Crippen MR) is 126 cm³/mol. The SMILES string of the molecule is O=C(O)C1CCN(CC2CN(C3CCN(c4ccnc(Nc5ncccn5)n4)CC3)C(=O)O2)CC1. The lowest BCUT2D eigenvalue weighted by Gasteiger charge is -2.36. The van der Waals surface area contributed by atoms with Gasteiger partial charge in [-0.25, -0.2) is 19.7 Å². The van der Waals surface area contributed by atoms with Gasteiger partial charge in [0.1, 0.15) is 11.9 Å². The lowest BCUT2D eigenvalue weighted by molar-refractivity contribution is -0.143. The zero-order chi connectivity index (χ0) is 24.2. The Morgan fingerprint density at radius 3 is 2.46 bits per heavy atom. The van der Waals surface area contributed by atoms with Crippen molar-refractivity contribution in [2.45, 2.75) is 37.8 Å². The molecular formula is C23H30N8O4. The van der Waals surface area contributed by atoms with Gasteiger partial charge >= 0.3 is 12.1 Å². The maximum absolute atomic E-state index is 12.6. The maximum Gasteiger partial charge on any atom is 0.410 e. The predicted octanol–water partition coefficient (Wildman–Crippen LogP) is 1.60. The molecule has 35 heavy (non-hydrogen) atoms. The lowest BCUT2D eigenvalue weighted by Crippen LogP contribution is -2.46. The van der Waals surface area contributed by atoms with Crippen LogP contribution in [0, 0.1) is 5.92 Å². The summed E-state index contributed by atoms with van der Waals surface area (Å²) in [5.41, 5.74) is 0. The molecule has 2 aromatic heterocycles. The highest BCUT2D eigenvalue weighted by molar-refractivity contribution is 5.71. The number of aliphatic carboxylic acids is 1. The summed E-state index contributed by atoms with van der Waals surface area (Å²) in [5, 5.41) is 12.2. The van der Waals surface area contributed by atoms with Crippen LogP contribution >= 0.6 is 0 Å². The van der Waals surface area contributed by atoms with Crippen LogP contribution in [0.25, 0.3) is 0 Å². The second-order valence-electron chi connectivity index (χ2n) is 9.23. The molecule has 2 N–H and O–H groups in total. The van der Waals surface area contributed by atoms with Crippen molar-refractivity contribution in [3.63, 3.8) is 0 Å². The molecule has 2 aromatic rings. The highest BCUT2D eigenvalue weighted by Gasteiger charge is 2.38. The zero-order valence-corrected chi connectivity index (χ0v) is 19.5. The van der Waals surface area contributed by atoms with Crippen LogP contribution < -0.4 is 10.2 Å². The summed E-state index contributed by atoms with van der Waals surface area (Å²) in [5.74, 6) is 0.732. The molecule has 0 bridgehead atoms. The number of ether oxygens (including phenoxy) is 1. The number of piperidine rings is 2. The minimum Gasteiger partial charge on any atom is -0.481 e. The molecule has 0 saturated carbocycles. The molecule has 1 atom stereocenters. The second-order valence-corrected chi connectivity index (χ2v) is 9.23. The summed E-state index contributed by atoms with van der Waals surface area (Å²) in [4.78, 5) is 47.2. The number of hydrogen-bond donors (Lipinski definition) is 2. The topological polar surface area (TPSA) is 137 Å². The number of nitrogens with zero attached hydrogens (tertiary/aromatic N) is 7. The first-order chi connectivity index (χ1) is 17.0. The Kier molecular flexibility index (Phi) is 6.89. The van der Waals surface area contributed by atoms with E-state index in [-0.39, 0.29) is 24.2 Å². The maximum atomic E-state index is 12.6. The standard InChI is InChI=1S/C23H30N8O4/c32-20(33)16-3-10-29(11-4-16)14-18-15-31(23(34)35-18)17-5-12-30(13-6-17)19-2-9-26-22(27-19)28-21-24-7-1-8-25-21/h1-2,7-9,16-18H,3-6,10-15H2,(H,32,33)(H,24,25,26,27,28). The molecular weight excluding hydrogens is 452 g/mol. The Labute approximate surface area is 203 Å². The molecule has 3 aliphatic rings. The highest BCUT2D eigenvalue weighted by atomic mass is 16.6. The summed E-state index contributed by atoms with van der Waals surface area (Å²) in [7, 11) is 0. The first kappa shape index (κ1) is 23.2. The van der Waals surface area contributed by atoms with Gasteiger partial charge in [0.05, 0.1) is 12.5 Å². The van der Waals surface area contributed by atoms with Gasteiger partial charge in [-0.1, -0.05) is 0 Å². The van der Waals surface area contributed by atoms with Gasteiger partial charge < -0.3 is 19.6 Å². The third-order valence-electron chi connectivity index (χ3n) is 6.96. The van der Waals surface area contributed by atoms with Crippen LogP contribution in [0.5, 0.6) is 0 Å². The van der Waals surface area contributed by atoms with Crippen molar-refractivity contribution in [2.24, 2.45) is 5.92 Å².